The lowest BCUT2D eigenvalue weighted by Crippen LogP contribution is -2.50. The van der Waals surface area contributed by atoms with Crippen molar-refractivity contribution >= 4 is 5.71 Å². The van der Waals surface area contributed by atoms with Gasteiger partial charge in [-0.3, -0.25) is 0 Å². The van der Waals surface area contributed by atoms with Crippen molar-refractivity contribution in [3.63, 3.8) is 0 Å². The molecule has 0 aromatic carbocycles. The summed E-state index contributed by atoms with van der Waals surface area (Å²) >= 11 is 0. The van der Waals surface area contributed by atoms with E-state index in [1.165, 1.54) is 5.57 Å². The molecule has 0 bridgehead atoms. The van der Waals surface area contributed by atoms with Crippen LogP contribution in [0.25, 0.3) is 0 Å². The van der Waals surface area contributed by atoms with E-state index in [1.807, 2.05) is 6.08 Å². The maximum absolute atomic E-state index is 9.06. The fraction of sp³-hybridized carbons (Fsp3) is 0.750. The summed E-state index contributed by atoms with van der Waals surface area (Å²) in [4.78, 5) is 0. The van der Waals surface area contributed by atoms with Crippen LogP contribution in [0.15, 0.2) is 16.8 Å². The van der Waals surface area contributed by atoms with Gasteiger partial charge in [0.05, 0.1) is 11.3 Å². The molecule has 3 heteroatoms. The second-order valence-corrected chi connectivity index (χ2v) is 4.72. The summed E-state index contributed by atoms with van der Waals surface area (Å²) in [5, 5.41) is 15.9. The monoisotopic (exact) mass is 210 g/mol. The minimum Gasteiger partial charge on any atom is -0.411 e. The van der Waals surface area contributed by atoms with Gasteiger partial charge in [0.25, 0.3) is 0 Å². The molecule has 1 aliphatic rings. The smallest absolute Gasteiger partial charge is 0.0993 e. The molecule has 0 saturated heterocycles. The van der Waals surface area contributed by atoms with Crippen LogP contribution in [-0.4, -0.2) is 23.0 Å². The van der Waals surface area contributed by atoms with Gasteiger partial charge < -0.3 is 10.5 Å². The fourth-order valence-corrected chi connectivity index (χ4v) is 2.09. The van der Waals surface area contributed by atoms with E-state index in [9.17, 15) is 0 Å². The third kappa shape index (κ3) is 2.59. The van der Waals surface area contributed by atoms with Gasteiger partial charge in [-0.15, -0.1) is 0 Å². The van der Waals surface area contributed by atoms with Crippen molar-refractivity contribution in [2.45, 2.75) is 46.1 Å². The fourth-order valence-electron chi connectivity index (χ4n) is 2.09. The van der Waals surface area contributed by atoms with Crippen LogP contribution in [0.3, 0.4) is 0 Å². The lowest BCUT2D eigenvalue weighted by atomic mass is 9.79. The van der Waals surface area contributed by atoms with E-state index in [0.29, 0.717) is 5.92 Å². The Labute approximate surface area is 92.3 Å². The van der Waals surface area contributed by atoms with Crippen molar-refractivity contribution in [3.05, 3.63) is 11.6 Å². The average Bonchev–Trinajstić information content (AvgIpc) is 2.18. The first-order valence-electron chi connectivity index (χ1n) is 5.71. The van der Waals surface area contributed by atoms with Gasteiger partial charge in [-0.25, -0.2) is 0 Å². The molecule has 3 nitrogen and oxygen atoms in total. The Morgan fingerprint density at radius 3 is 2.73 bits per heavy atom. The molecule has 0 heterocycles. The molecule has 0 saturated carbocycles. The molecular weight excluding hydrogens is 188 g/mol. The van der Waals surface area contributed by atoms with Crippen molar-refractivity contribution in [2.75, 3.05) is 6.54 Å². The third-order valence-electron chi connectivity index (χ3n) is 3.22. The molecule has 86 valence electrons. The number of nitrogens with one attached hydrogen (secondary N) is 1. The van der Waals surface area contributed by atoms with Crippen LogP contribution in [0.2, 0.25) is 0 Å². The van der Waals surface area contributed by atoms with E-state index in [1.54, 1.807) is 0 Å². The van der Waals surface area contributed by atoms with Gasteiger partial charge in [-0.1, -0.05) is 31.5 Å². The first kappa shape index (κ1) is 12.2. The Kier molecular flexibility index (Phi) is 3.91. The quantitative estimate of drug-likeness (QED) is 0.555. The van der Waals surface area contributed by atoms with Crippen LogP contribution in [0.4, 0.5) is 0 Å². The molecule has 2 N–H and O–H groups in total. The highest BCUT2D eigenvalue weighted by atomic mass is 16.4. The van der Waals surface area contributed by atoms with Crippen molar-refractivity contribution in [1.29, 1.82) is 0 Å². The highest BCUT2D eigenvalue weighted by Gasteiger charge is 2.32. The van der Waals surface area contributed by atoms with Crippen LogP contribution in [0, 0.1) is 5.92 Å². The summed E-state index contributed by atoms with van der Waals surface area (Å²) in [7, 11) is 0. The molecule has 0 amide bonds. The number of allylic oxidation sites excluding steroid dienone is 1. The van der Waals surface area contributed by atoms with Gasteiger partial charge >= 0.3 is 0 Å². The Morgan fingerprint density at radius 2 is 2.27 bits per heavy atom. The van der Waals surface area contributed by atoms with Crippen LogP contribution >= 0.6 is 0 Å². The number of rotatable bonds is 3. The van der Waals surface area contributed by atoms with Crippen molar-refractivity contribution in [1.82, 2.24) is 5.32 Å². The molecule has 0 radical (unpaired) electrons. The zero-order valence-corrected chi connectivity index (χ0v) is 10.2. The van der Waals surface area contributed by atoms with Crippen molar-refractivity contribution < 1.29 is 5.21 Å². The standard InChI is InChI=1S/C12H22N2O/c1-5-13-12(4)7-6-10(9(2)3)8-11(12)14-15/h8-9,13,15H,5-7H2,1-4H3. The van der Waals surface area contributed by atoms with Gasteiger partial charge in [-0.2, -0.15) is 0 Å². The first-order chi connectivity index (χ1) is 7.03. The molecule has 0 aromatic rings. The van der Waals surface area contributed by atoms with Gasteiger partial charge in [0.1, 0.15) is 0 Å². The predicted molar refractivity (Wildman–Crippen MR) is 63.5 cm³/mol. The molecule has 0 fully saturated rings. The molecule has 0 aliphatic heterocycles. The average molecular weight is 210 g/mol. The molecule has 1 unspecified atom stereocenters. The van der Waals surface area contributed by atoms with Crippen LogP contribution < -0.4 is 5.32 Å². The summed E-state index contributed by atoms with van der Waals surface area (Å²) in [6.45, 7) is 9.41. The molecule has 1 aliphatic carbocycles. The molecule has 15 heavy (non-hydrogen) atoms. The largest absolute Gasteiger partial charge is 0.411 e. The lowest BCUT2D eigenvalue weighted by molar-refractivity contribution is 0.307. The highest BCUT2D eigenvalue weighted by molar-refractivity contribution is 6.03. The molecule has 1 atom stereocenters. The van der Waals surface area contributed by atoms with Gasteiger partial charge in [-0.05, 0) is 38.3 Å². The van der Waals surface area contributed by atoms with Gasteiger partial charge in [0.15, 0.2) is 0 Å². The number of oxime groups is 1. The zero-order valence-electron chi connectivity index (χ0n) is 10.2. The first-order valence-corrected chi connectivity index (χ1v) is 5.71. The summed E-state index contributed by atoms with van der Waals surface area (Å²) in [5.74, 6) is 0.535. The van der Waals surface area contributed by atoms with Gasteiger partial charge in [0, 0.05) is 0 Å². The third-order valence-corrected chi connectivity index (χ3v) is 3.22. The Bertz CT molecular complexity index is 281. The summed E-state index contributed by atoms with van der Waals surface area (Å²) in [6.07, 6.45) is 4.13. The van der Waals surface area contributed by atoms with E-state index in [0.717, 1.165) is 25.1 Å². The van der Waals surface area contributed by atoms with Crippen LogP contribution in [-0.2, 0) is 0 Å². The summed E-state index contributed by atoms with van der Waals surface area (Å²) < 4.78 is 0. The van der Waals surface area contributed by atoms with Crippen molar-refractivity contribution in [2.24, 2.45) is 11.1 Å². The molecule has 1 rings (SSSR count). The maximum atomic E-state index is 9.06. The Morgan fingerprint density at radius 1 is 1.60 bits per heavy atom. The van der Waals surface area contributed by atoms with E-state index in [4.69, 9.17) is 5.21 Å². The number of hydrogen-bond donors (Lipinski definition) is 2. The summed E-state index contributed by atoms with van der Waals surface area (Å²) in [5.41, 5.74) is 1.97. The van der Waals surface area contributed by atoms with Crippen LogP contribution in [0.1, 0.15) is 40.5 Å². The maximum Gasteiger partial charge on any atom is 0.0993 e. The van der Waals surface area contributed by atoms with E-state index in [-0.39, 0.29) is 5.54 Å². The molecule has 0 aromatic heterocycles. The minimum absolute atomic E-state index is 0.165. The van der Waals surface area contributed by atoms with E-state index < -0.39 is 0 Å². The van der Waals surface area contributed by atoms with Crippen molar-refractivity contribution in [3.8, 4) is 0 Å². The number of hydrogen-bond acceptors (Lipinski definition) is 3. The minimum atomic E-state index is -0.165. The zero-order chi connectivity index (χ0) is 11.5. The predicted octanol–water partition coefficient (Wildman–Crippen LogP) is 2.56. The Balaban J connectivity index is 2.92. The normalized spacial score (nSPS) is 29.7. The lowest BCUT2D eigenvalue weighted by Gasteiger charge is -2.35. The Hall–Kier alpha value is -0.830. The second-order valence-electron chi connectivity index (χ2n) is 4.72. The topological polar surface area (TPSA) is 44.6 Å². The SMILES string of the molecule is CCNC1(C)CCC(C(C)C)=CC1=NO. The summed E-state index contributed by atoms with van der Waals surface area (Å²) in [6, 6.07) is 0. The van der Waals surface area contributed by atoms with Gasteiger partial charge in [0.2, 0.25) is 0 Å². The van der Waals surface area contributed by atoms with E-state index >= 15 is 0 Å². The van der Waals surface area contributed by atoms with Crippen LogP contribution in [0.5, 0.6) is 0 Å². The highest BCUT2D eigenvalue weighted by Crippen LogP contribution is 2.29. The molecule has 0 spiro atoms. The number of nitrogens with zero attached hydrogens (tertiary/aromatic N) is 1. The second kappa shape index (κ2) is 4.79. The molecular formula is C12H22N2O. The van der Waals surface area contributed by atoms with E-state index in [2.05, 4.69) is 38.2 Å².